The Morgan fingerprint density at radius 3 is 2.12 bits per heavy atom. The molecule has 3 nitrogen and oxygen atoms in total. The molecular weight excluding hydrogens is 394 g/mol. The maximum absolute atomic E-state index is 13.2. The third-order valence-electron chi connectivity index (χ3n) is 6.38. The van der Waals surface area contributed by atoms with Crippen molar-refractivity contribution in [2.45, 2.75) is 20.3 Å². The highest BCUT2D eigenvalue weighted by Gasteiger charge is 2.23. The largest absolute Gasteiger partial charge is 0.496 e. The van der Waals surface area contributed by atoms with Gasteiger partial charge in [0.15, 0.2) is 0 Å². The lowest BCUT2D eigenvalue weighted by Crippen LogP contribution is -2.26. The first-order valence-electron chi connectivity index (χ1n) is 11.1. The topological polar surface area (TPSA) is 38.3 Å². The molecule has 0 aromatic heterocycles. The third kappa shape index (κ3) is 3.87. The maximum Gasteiger partial charge on any atom is 0.227 e. The number of ether oxygens (including phenoxy) is 1. The van der Waals surface area contributed by atoms with Crippen LogP contribution in [0.4, 0.5) is 5.69 Å². The molecular formula is C29H29NO2. The van der Waals surface area contributed by atoms with Crippen molar-refractivity contribution in [3.63, 3.8) is 0 Å². The van der Waals surface area contributed by atoms with Crippen molar-refractivity contribution in [1.29, 1.82) is 0 Å². The zero-order chi connectivity index (χ0) is 22.7. The second-order valence-electron chi connectivity index (χ2n) is 8.16. The van der Waals surface area contributed by atoms with Crippen LogP contribution in [0.25, 0.3) is 32.7 Å². The van der Waals surface area contributed by atoms with Gasteiger partial charge in [-0.2, -0.15) is 0 Å². The summed E-state index contributed by atoms with van der Waals surface area (Å²) in [5.74, 6) is 0.728. The van der Waals surface area contributed by atoms with Gasteiger partial charge in [0, 0.05) is 22.7 Å². The number of methoxy groups -OCH3 is 1. The Morgan fingerprint density at radius 1 is 0.938 bits per heavy atom. The first-order chi connectivity index (χ1) is 15.6. The number of nitrogens with one attached hydrogen (secondary N) is 1. The van der Waals surface area contributed by atoms with Gasteiger partial charge in [-0.25, -0.2) is 0 Å². The Labute approximate surface area is 189 Å². The second kappa shape index (κ2) is 9.27. The van der Waals surface area contributed by atoms with Gasteiger partial charge in [-0.1, -0.05) is 80.6 Å². The molecule has 4 rings (SSSR count). The Bertz CT molecular complexity index is 1290. The lowest BCUT2D eigenvalue weighted by atomic mass is 9.89. The number of allylic oxidation sites excluding steroid dienone is 1. The van der Waals surface area contributed by atoms with Crippen LogP contribution in [0.1, 0.15) is 20.3 Å². The smallest absolute Gasteiger partial charge is 0.227 e. The predicted octanol–water partition coefficient (Wildman–Crippen LogP) is 7.46. The number of hydrogen-bond donors (Lipinski definition) is 1. The average molecular weight is 424 g/mol. The summed E-state index contributed by atoms with van der Waals surface area (Å²) in [4.78, 5) is 13.2. The molecule has 162 valence electrons. The van der Waals surface area contributed by atoms with Gasteiger partial charge < -0.3 is 10.1 Å². The molecule has 0 unspecified atom stereocenters. The van der Waals surface area contributed by atoms with Gasteiger partial charge in [-0.15, -0.1) is 6.58 Å². The van der Waals surface area contributed by atoms with E-state index in [1.807, 2.05) is 49.4 Å². The molecule has 0 heterocycles. The molecule has 2 atom stereocenters. The summed E-state index contributed by atoms with van der Waals surface area (Å²) < 4.78 is 5.81. The number of hydrogen-bond acceptors (Lipinski definition) is 2. The number of carbonyl (C=O) groups excluding carboxylic acids is 1. The minimum atomic E-state index is -0.175. The van der Waals surface area contributed by atoms with E-state index in [4.69, 9.17) is 4.74 Å². The fourth-order valence-electron chi connectivity index (χ4n) is 4.49. The van der Waals surface area contributed by atoms with Crippen LogP contribution in [0.3, 0.4) is 0 Å². The molecule has 0 saturated carbocycles. The highest BCUT2D eigenvalue weighted by atomic mass is 16.5. The van der Waals surface area contributed by atoms with Crippen molar-refractivity contribution in [3.05, 3.63) is 85.5 Å². The quantitative estimate of drug-likeness (QED) is 0.313. The van der Waals surface area contributed by atoms with Crippen LogP contribution >= 0.6 is 0 Å². The van der Waals surface area contributed by atoms with Gasteiger partial charge >= 0.3 is 0 Å². The Morgan fingerprint density at radius 2 is 1.53 bits per heavy atom. The molecule has 0 radical (unpaired) electrons. The van der Waals surface area contributed by atoms with Crippen LogP contribution in [0.5, 0.6) is 5.75 Å². The van der Waals surface area contributed by atoms with Gasteiger partial charge in [0.05, 0.1) is 7.11 Å². The summed E-state index contributed by atoms with van der Waals surface area (Å²) >= 11 is 0. The van der Waals surface area contributed by atoms with Crippen molar-refractivity contribution in [2.24, 2.45) is 11.8 Å². The average Bonchev–Trinajstić information content (AvgIpc) is 2.84. The molecule has 0 aliphatic rings. The monoisotopic (exact) mass is 423 g/mol. The number of amides is 1. The molecule has 0 spiro atoms. The molecule has 1 amide bonds. The summed E-state index contributed by atoms with van der Waals surface area (Å²) in [6.07, 6.45) is 2.75. The molecule has 0 aliphatic carbocycles. The molecule has 4 aromatic carbocycles. The number of rotatable bonds is 7. The minimum Gasteiger partial charge on any atom is -0.496 e. The number of benzene rings is 4. The van der Waals surface area contributed by atoms with E-state index in [9.17, 15) is 4.79 Å². The van der Waals surface area contributed by atoms with Crippen LogP contribution in [0.2, 0.25) is 0 Å². The summed E-state index contributed by atoms with van der Waals surface area (Å²) in [7, 11) is 1.69. The van der Waals surface area contributed by atoms with Gasteiger partial charge in [-0.05, 0) is 46.0 Å². The summed E-state index contributed by atoms with van der Waals surface area (Å²) in [6.45, 7) is 7.95. The molecule has 0 bridgehead atoms. The third-order valence-corrected chi connectivity index (χ3v) is 6.38. The molecule has 0 fully saturated rings. The zero-order valence-electron chi connectivity index (χ0n) is 18.9. The van der Waals surface area contributed by atoms with Crippen molar-refractivity contribution in [1.82, 2.24) is 0 Å². The second-order valence-corrected chi connectivity index (χ2v) is 8.16. The van der Waals surface area contributed by atoms with E-state index in [1.54, 1.807) is 7.11 Å². The van der Waals surface area contributed by atoms with E-state index in [0.717, 1.165) is 50.5 Å². The van der Waals surface area contributed by atoms with Crippen molar-refractivity contribution in [2.75, 3.05) is 12.4 Å². The predicted molar refractivity (Wildman–Crippen MR) is 135 cm³/mol. The standard InChI is InChI=1S/C29H29NO2/c1-5-20(6-2)19(3)29(31)30-25-17-15-21-11-7-9-13-23(21)27(25)28-24-14-10-8-12-22(24)16-18-26(28)32-4/h5,7-20H,1,6H2,2-4H3,(H,30,31)/t19-,20-/m0/s1. The van der Waals surface area contributed by atoms with Gasteiger partial charge in [-0.3, -0.25) is 4.79 Å². The normalized spacial score (nSPS) is 13.0. The van der Waals surface area contributed by atoms with Crippen LogP contribution < -0.4 is 10.1 Å². The first kappa shape index (κ1) is 21.6. The zero-order valence-corrected chi connectivity index (χ0v) is 18.9. The maximum atomic E-state index is 13.2. The molecule has 0 aliphatic heterocycles. The highest BCUT2D eigenvalue weighted by Crippen LogP contribution is 2.44. The van der Waals surface area contributed by atoms with E-state index in [1.165, 1.54) is 0 Å². The van der Waals surface area contributed by atoms with Crippen LogP contribution in [-0.2, 0) is 4.79 Å². The van der Waals surface area contributed by atoms with Crippen LogP contribution in [0, 0.1) is 11.8 Å². The Hall–Kier alpha value is -3.59. The first-order valence-corrected chi connectivity index (χ1v) is 11.1. The number of anilines is 1. The van der Waals surface area contributed by atoms with Crippen LogP contribution in [-0.4, -0.2) is 13.0 Å². The molecule has 4 aromatic rings. The lowest BCUT2D eigenvalue weighted by Gasteiger charge is -2.22. The Kier molecular flexibility index (Phi) is 6.27. The fourth-order valence-corrected chi connectivity index (χ4v) is 4.49. The van der Waals surface area contributed by atoms with E-state index >= 15 is 0 Å². The minimum absolute atomic E-state index is 0.00696. The van der Waals surface area contributed by atoms with E-state index in [0.29, 0.717) is 0 Å². The van der Waals surface area contributed by atoms with E-state index in [2.05, 4.69) is 55.2 Å². The number of fused-ring (bicyclic) bond motifs is 2. The van der Waals surface area contributed by atoms with Crippen molar-refractivity contribution in [3.8, 4) is 16.9 Å². The molecule has 1 N–H and O–H groups in total. The van der Waals surface area contributed by atoms with E-state index < -0.39 is 0 Å². The lowest BCUT2D eigenvalue weighted by molar-refractivity contribution is -0.120. The summed E-state index contributed by atoms with van der Waals surface area (Å²) in [5, 5.41) is 7.62. The van der Waals surface area contributed by atoms with E-state index in [-0.39, 0.29) is 17.7 Å². The van der Waals surface area contributed by atoms with Crippen LogP contribution in [0.15, 0.2) is 85.5 Å². The van der Waals surface area contributed by atoms with Gasteiger partial charge in [0.1, 0.15) is 5.75 Å². The molecule has 0 saturated heterocycles. The van der Waals surface area contributed by atoms with Gasteiger partial charge in [0.2, 0.25) is 5.91 Å². The highest BCUT2D eigenvalue weighted by molar-refractivity contribution is 6.13. The van der Waals surface area contributed by atoms with Crippen molar-refractivity contribution < 1.29 is 9.53 Å². The SMILES string of the molecule is C=C[C@@H](CC)[C@H](C)C(=O)Nc1ccc2ccccc2c1-c1c(OC)ccc2ccccc12. The molecule has 32 heavy (non-hydrogen) atoms. The fraction of sp³-hybridized carbons (Fsp3) is 0.207. The summed E-state index contributed by atoms with van der Waals surface area (Å²) in [6, 6.07) is 24.6. The van der Waals surface area contributed by atoms with Gasteiger partial charge in [0.25, 0.3) is 0 Å². The Balaban J connectivity index is 1.97. The molecule has 3 heteroatoms. The van der Waals surface area contributed by atoms with Crippen molar-refractivity contribution >= 4 is 33.1 Å². The number of carbonyl (C=O) groups is 1. The summed E-state index contributed by atoms with van der Waals surface area (Å²) in [5.41, 5.74) is 2.75.